The van der Waals surface area contributed by atoms with Crippen LogP contribution in [0.3, 0.4) is 0 Å². The van der Waals surface area contributed by atoms with E-state index in [1.807, 2.05) is 62.4 Å². The number of hydrogen-bond donors (Lipinski definition) is 0. The fourth-order valence-electron chi connectivity index (χ4n) is 5.37. The topological polar surface area (TPSA) is 25.8 Å². The van der Waals surface area contributed by atoms with E-state index in [0.717, 1.165) is 54.7 Å². The van der Waals surface area contributed by atoms with Crippen molar-refractivity contribution in [3.05, 3.63) is 114 Å². The first-order chi connectivity index (χ1) is 21.1. The third-order valence-electron chi connectivity index (χ3n) is 7.49. The van der Waals surface area contributed by atoms with Crippen LogP contribution in [0.2, 0.25) is 19.6 Å². The number of benzene rings is 3. The summed E-state index contributed by atoms with van der Waals surface area (Å²) in [4.78, 5) is 9.19. The van der Waals surface area contributed by atoms with Gasteiger partial charge in [-0.15, -0.1) is 59.7 Å². The minimum absolute atomic E-state index is 0. The van der Waals surface area contributed by atoms with E-state index in [2.05, 4.69) is 75.9 Å². The van der Waals surface area contributed by atoms with Gasteiger partial charge in [0.1, 0.15) is 5.82 Å². The Morgan fingerprint density at radius 3 is 2.36 bits per heavy atom. The van der Waals surface area contributed by atoms with Crippen molar-refractivity contribution in [1.29, 1.82) is 0 Å². The van der Waals surface area contributed by atoms with Crippen molar-refractivity contribution in [3.8, 4) is 22.5 Å². The van der Waals surface area contributed by atoms with Gasteiger partial charge in [0.25, 0.3) is 0 Å². The van der Waals surface area contributed by atoms with Crippen LogP contribution in [0.25, 0.3) is 42.7 Å². The molecule has 0 aliphatic rings. The average molecular weight is 810 g/mol. The van der Waals surface area contributed by atoms with Crippen molar-refractivity contribution in [2.45, 2.75) is 66.6 Å². The Bertz CT molecular complexity index is 1950. The fraction of sp³-hybridized carbons (Fsp3) is 0.282. The molecule has 6 heteroatoms. The Balaban J connectivity index is 0.000000207. The van der Waals surface area contributed by atoms with Gasteiger partial charge in [-0.25, -0.2) is 4.39 Å². The molecule has 2 nitrogen and oxygen atoms in total. The van der Waals surface area contributed by atoms with Crippen LogP contribution in [-0.4, -0.2) is 18.0 Å². The van der Waals surface area contributed by atoms with E-state index in [4.69, 9.17) is 6.35 Å². The molecule has 1 radical (unpaired) electrons. The van der Waals surface area contributed by atoms with Gasteiger partial charge in [0.05, 0.1) is 8.07 Å². The molecular weight excluding hydrogens is 768 g/mol. The van der Waals surface area contributed by atoms with E-state index >= 15 is 0 Å². The van der Waals surface area contributed by atoms with Crippen molar-refractivity contribution >= 4 is 44.8 Å². The fourth-order valence-corrected chi connectivity index (χ4v) is 8.14. The number of thiophene rings is 1. The summed E-state index contributed by atoms with van der Waals surface area (Å²) in [5, 5.41) is 3.42. The van der Waals surface area contributed by atoms with Gasteiger partial charge in [0.2, 0.25) is 0 Å². The zero-order valence-corrected chi connectivity index (χ0v) is 31.5. The van der Waals surface area contributed by atoms with Crippen molar-refractivity contribution in [2.75, 3.05) is 0 Å². The summed E-state index contributed by atoms with van der Waals surface area (Å²) in [6.07, 6.45) is 4.94. The summed E-state index contributed by atoms with van der Waals surface area (Å²) in [6.45, 7) is 17.8. The first-order valence-electron chi connectivity index (χ1n) is 15.6. The second kappa shape index (κ2) is 14.2. The zero-order valence-electron chi connectivity index (χ0n) is 28.3. The van der Waals surface area contributed by atoms with E-state index in [1.54, 1.807) is 23.6 Å². The Hall–Kier alpha value is -3.02. The number of nitrogens with zero attached hydrogens (tertiary/aromatic N) is 2. The molecule has 3 aromatic carbocycles. The Kier molecular flexibility index (Phi) is 10.5. The molecule has 0 aliphatic carbocycles. The maximum atomic E-state index is 13.6. The van der Waals surface area contributed by atoms with Gasteiger partial charge in [-0.05, 0) is 68.7 Å². The summed E-state index contributed by atoms with van der Waals surface area (Å²) in [6, 6.07) is 29.4. The van der Waals surface area contributed by atoms with Gasteiger partial charge in [0, 0.05) is 38.6 Å². The normalized spacial score (nSPS) is 12.3. The van der Waals surface area contributed by atoms with Crippen LogP contribution in [0.4, 0.5) is 4.39 Å². The predicted octanol–water partition coefficient (Wildman–Crippen LogP) is 10.9. The molecule has 3 aromatic heterocycles. The molecule has 6 rings (SSSR count). The Morgan fingerprint density at radius 1 is 0.911 bits per heavy atom. The minimum atomic E-state index is -1.37. The maximum absolute atomic E-state index is 13.6. The number of halogens is 1. The smallest absolute Gasteiger partial charge is 0.123 e. The van der Waals surface area contributed by atoms with E-state index in [0.29, 0.717) is 0 Å². The molecule has 0 atom stereocenters. The summed E-state index contributed by atoms with van der Waals surface area (Å²) >= 11 is 1.62. The van der Waals surface area contributed by atoms with Crippen molar-refractivity contribution < 1.29 is 25.9 Å². The quantitative estimate of drug-likeness (QED) is 0.128. The zero-order chi connectivity index (χ0) is 32.6. The number of pyridine rings is 2. The minimum Gasteiger partial charge on any atom is -0.305 e. The Labute approximate surface area is 287 Å². The third-order valence-corrected chi connectivity index (χ3v) is 10.8. The largest absolute Gasteiger partial charge is 0.305 e. The number of aromatic nitrogens is 2. The molecule has 0 amide bonds. The van der Waals surface area contributed by atoms with Crippen LogP contribution in [0, 0.1) is 23.4 Å². The molecule has 0 aliphatic heterocycles. The first kappa shape index (κ1) is 33.3. The van der Waals surface area contributed by atoms with E-state index < -0.39 is 14.0 Å². The number of rotatable bonds is 5. The Morgan fingerprint density at radius 2 is 1.69 bits per heavy atom. The monoisotopic (exact) mass is 810 g/mol. The molecule has 3 heterocycles. The molecule has 0 spiro atoms. The van der Waals surface area contributed by atoms with Crippen molar-refractivity contribution in [3.63, 3.8) is 0 Å². The summed E-state index contributed by atoms with van der Waals surface area (Å²) in [7, 11) is -1.37. The molecule has 0 saturated heterocycles. The van der Waals surface area contributed by atoms with Gasteiger partial charge in [0.15, 0.2) is 0 Å². The van der Waals surface area contributed by atoms with Gasteiger partial charge < -0.3 is 9.97 Å². The van der Waals surface area contributed by atoms with Gasteiger partial charge >= 0.3 is 0 Å². The van der Waals surface area contributed by atoms with Gasteiger partial charge in [-0.2, -0.15) is 11.3 Å². The van der Waals surface area contributed by atoms with Gasteiger partial charge in [-0.3, -0.25) is 0 Å². The summed E-state index contributed by atoms with van der Waals surface area (Å²) in [5.74, 6) is -0.915. The van der Waals surface area contributed by atoms with Gasteiger partial charge in [-0.1, -0.05) is 82.9 Å². The second-order valence-corrected chi connectivity index (χ2v) is 19.8. The first-order valence-corrected chi connectivity index (χ1v) is 19.4. The molecule has 235 valence electrons. The molecule has 0 unspecified atom stereocenters. The average Bonchev–Trinajstić information content (AvgIpc) is 3.34. The standard InChI is InChI=1S/C20H15FNS.C19H26NSi.Ir/c1-12(2)13-8-9-22-18(10-13)16-5-3-4-15-17-11-14(21)6-7-19(17)23-20(15)16;1-19(2,3)13-16-12-17(15-10-8-7-9-11-15)20-14-18(16)21(4,5)6;/h3-4,6-12H,1-2H3;7-10,12,14H,13H2,1-6H3;/q2*-1;/i12D;;. The maximum Gasteiger partial charge on any atom is 0.123 e. The molecule has 0 saturated carbocycles. The van der Waals surface area contributed by atoms with Crippen LogP contribution >= 0.6 is 11.3 Å². The number of fused-ring (bicyclic) bond motifs is 3. The summed E-state index contributed by atoms with van der Waals surface area (Å²) < 4.78 is 23.9. The van der Waals surface area contributed by atoms with Crippen molar-refractivity contribution in [1.82, 2.24) is 9.97 Å². The predicted molar refractivity (Wildman–Crippen MR) is 190 cm³/mol. The van der Waals surface area contributed by atoms with E-state index in [9.17, 15) is 4.39 Å². The van der Waals surface area contributed by atoms with Crippen molar-refractivity contribution in [2.24, 2.45) is 5.41 Å². The third kappa shape index (κ3) is 8.42. The van der Waals surface area contributed by atoms with Crippen LogP contribution in [-0.2, 0) is 26.5 Å². The summed E-state index contributed by atoms with van der Waals surface area (Å²) in [5.41, 5.74) is 6.47. The van der Waals surface area contributed by atoms with E-state index in [-0.39, 0.29) is 31.3 Å². The number of hydrogen-bond acceptors (Lipinski definition) is 3. The van der Waals surface area contributed by atoms with Crippen LogP contribution < -0.4 is 5.19 Å². The molecule has 0 fully saturated rings. The molecule has 6 aromatic rings. The molecule has 0 N–H and O–H groups in total. The van der Waals surface area contributed by atoms with Crippen LogP contribution in [0.15, 0.2) is 85.2 Å². The van der Waals surface area contributed by atoms with Crippen LogP contribution in [0.5, 0.6) is 0 Å². The molecule has 0 bridgehead atoms. The molecular formula is C39H41FIrN2SSi-2. The second-order valence-electron chi connectivity index (χ2n) is 13.8. The molecule has 45 heavy (non-hydrogen) atoms. The van der Waals surface area contributed by atoms with E-state index in [1.165, 1.54) is 16.8 Å². The van der Waals surface area contributed by atoms with Crippen LogP contribution in [0.1, 0.15) is 53.0 Å². The SMILES string of the molecule is CC(C)(C)Cc1cc(-c2[c-]cccc2)ncc1[Si](C)(C)C.[2H]C(C)(C)c1ccnc(-c2[c-]ccc3c2sc2ccc(F)cc23)c1.[Ir].